The van der Waals surface area contributed by atoms with Crippen LogP contribution in [0.1, 0.15) is 6.42 Å². The van der Waals surface area contributed by atoms with Gasteiger partial charge in [-0.2, -0.15) is 0 Å². The Morgan fingerprint density at radius 2 is 1.86 bits per heavy atom. The molecule has 78 valence electrons. The summed E-state index contributed by atoms with van der Waals surface area (Å²) in [6.07, 6.45) is -4.31. The van der Waals surface area contributed by atoms with Crippen LogP contribution in [0.15, 0.2) is 0 Å². The number of hydrogen-bond donors (Lipinski definition) is 1. The maximum absolute atomic E-state index is 11.9. The van der Waals surface area contributed by atoms with Crippen molar-refractivity contribution in [3.05, 3.63) is 0 Å². The molecule has 2 amide bonds. The number of nitrogens with zero attached hydrogens (tertiary/aromatic N) is 1. The Bertz CT molecular complexity index is 274. The average molecular weight is 205 g/mol. The largest absolute Gasteiger partial charge is 0.385 e. The lowest BCUT2D eigenvalue weighted by molar-refractivity contribution is -0.144. The highest BCUT2D eigenvalue weighted by Crippen LogP contribution is 2.46. The summed E-state index contributed by atoms with van der Waals surface area (Å²) in [6, 6.07) is 0. The maximum atomic E-state index is 11.9. The first-order valence-electron chi connectivity index (χ1n) is 4.34. The SMILES string of the molecule is O=C1C2CC2C(=O)N1CC(O)C(F)F. The van der Waals surface area contributed by atoms with Gasteiger partial charge in [0.2, 0.25) is 11.8 Å². The number of halogens is 2. The standard InChI is InChI=1S/C8H9F2NO3/c9-6(10)5(12)2-11-7(13)3-1-4(3)8(11)14/h3-6,12H,1-2H2. The first-order chi connectivity index (χ1) is 6.52. The van der Waals surface area contributed by atoms with E-state index in [1.54, 1.807) is 0 Å². The molecule has 0 aromatic rings. The monoisotopic (exact) mass is 205 g/mol. The minimum absolute atomic E-state index is 0.299. The second-order valence-corrected chi connectivity index (χ2v) is 3.64. The average Bonchev–Trinajstić information content (AvgIpc) is 2.86. The summed E-state index contributed by atoms with van der Waals surface area (Å²) in [5.74, 6) is -1.43. The van der Waals surface area contributed by atoms with Crippen LogP contribution in [0.2, 0.25) is 0 Å². The first-order valence-corrected chi connectivity index (χ1v) is 4.34. The molecule has 1 saturated carbocycles. The third kappa shape index (κ3) is 1.30. The molecule has 1 aliphatic heterocycles. The van der Waals surface area contributed by atoms with Crippen molar-refractivity contribution < 1.29 is 23.5 Å². The topological polar surface area (TPSA) is 57.6 Å². The van der Waals surface area contributed by atoms with E-state index in [0.29, 0.717) is 6.42 Å². The number of carbonyl (C=O) groups is 2. The van der Waals surface area contributed by atoms with Gasteiger partial charge in [-0.3, -0.25) is 14.5 Å². The minimum Gasteiger partial charge on any atom is -0.385 e. The molecular weight excluding hydrogens is 196 g/mol. The van der Waals surface area contributed by atoms with Gasteiger partial charge < -0.3 is 5.11 Å². The lowest BCUT2D eigenvalue weighted by atomic mass is 10.3. The van der Waals surface area contributed by atoms with Gasteiger partial charge in [0, 0.05) is 0 Å². The Morgan fingerprint density at radius 1 is 1.36 bits per heavy atom. The highest BCUT2D eigenvalue weighted by atomic mass is 19.3. The van der Waals surface area contributed by atoms with Crippen molar-refractivity contribution in [1.29, 1.82) is 0 Å². The summed E-state index contributed by atoms with van der Waals surface area (Å²) in [4.78, 5) is 23.3. The molecule has 3 unspecified atom stereocenters. The number of piperidine rings is 1. The third-order valence-electron chi connectivity index (χ3n) is 2.62. The highest BCUT2D eigenvalue weighted by Gasteiger charge is 2.59. The number of fused-ring (bicyclic) bond motifs is 1. The fraction of sp³-hybridized carbons (Fsp3) is 0.750. The van der Waals surface area contributed by atoms with Gasteiger partial charge in [0.15, 0.2) is 0 Å². The number of alkyl halides is 2. The molecule has 0 aromatic carbocycles. The second-order valence-electron chi connectivity index (χ2n) is 3.64. The van der Waals surface area contributed by atoms with Crippen LogP contribution in [-0.4, -0.2) is 40.9 Å². The molecule has 6 heteroatoms. The number of rotatable bonds is 3. The van der Waals surface area contributed by atoms with Gasteiger partial charge in [0.1, 0.15) is 6.10 Å². The smallest absolute Gasteiger partial charge is 0.265 e. The van der Waals surface area contributed by atoms with Gasteiger partial charge in [-0.15, -0.1) is 0 Å². The molecule has 3 atom stereocenters. The summed E-state index contributed by atoms with van der Waals surface area (Å²) in [6.45, 7) is -0.581. The molecule has 0 radical (unpaired) electrons. The number of amides is 2. The number of aliphatic hydroxyl groups excluding tert-OH is 1. The van der Waals surface area contributed by atoms with Crippen molar-refractivity contribution in [2.75, 3.05) is 6.54 Å². The number of carbonyl (C=O) groups excluding carboxylic acids is 2. The number of imide groups is 1. The molecule has 2 fully saturated rings. The zero-order valence-corrected chi connectivity index (χ0v) is 7.19. The summed E-state index contributed by atoms with van der Waals surface area (Å²) < 4.78 is 23.9. The van der Waals surface area contributed by atoms with E-state index in [0.717, 1.165) is 4.90 Å². The van der Waals surface area contributed by atoms with Crippen LogP contribution in [0.25, 0.3) is 0 Å². The van der Waals surface area contributed by atoms with Gasteiger partial charge in [-0.1, -0.05) is 0 Å². The molecule has 0 spiro atoms. The van der Waals surface area contributed by atoms with Crippen LogP contribution in [-0.2, 0) is 9.59 Å². The molecule has 0 bridgehead atoms. The van der Waals surface area contributed by atoms with E-state index in [-0.39, 0.29) is 11.8 Å². The van der Waals surface area contributed by atoms with E-state index < -0.39 is 30.9 Å². The van der Waals surface area contributed by atoms with Gasteiger partial charge in [-0.05, 0) is 6.42 Å². The van der Waals surface area contributed by atoms with Gasteiger partial charge >= 0.3 is 0 Å². The van der Waals surface area contributed by atoms with E-state index in [4.69, 9.17) is 5.11 Å². The number of hydrogen-bond acceptors (Lipinski definition) is 3. The van der Waals surface area contributed by atoms with Crippen LogP contribution >= 0.6 is 0 Å². The van der Waals surface area contributed by atoms with Gasteiger partial charge in [-0.25, -0.2) is 8.78 Å². The quantitative estimate of drug-likeness (QED) is 0.639. The summed E-state index contributed by atoms with van der Waals surface area (Å²) >= 11 is 0. The molecule has 2 aliphatic rings. The number of likely N-dealkylation sites (tertiary alicyclic amines) is 1. The van der Waals surface area contributed by atoms with E-state index >= 15 is 0 Å². The summed E-state index contributed by atoms with van der Waals surface area (Å²) in [7, 11) is 0. The Morgan fingerprint density at radius 3 is 2.29 bits per heavy atom. The fourth-order valence-corrected chi connectivity index (χ4v) is 1.70. The Hall–Kier alpha value is -1.04. The Balaban J connectivity index is 1.99. The predicted molar refractivity (Wildman–Crippen MR) is 40.3 cm³/mol. The lowest BCUT2D eigenvalue weighted by Crippen LogP contribution is -2.41. The molecule has 1 heterocycles. The zero-order valence-electron chi connectivity index (χ0n) is 7.19. The van der Waals surface area contributed by atoms with E-state index in [1.807, 2.05) is 0 Å². The van der Waals surface area contributed by atoms with Crippen LogP contribution in [0.3, 0.4) is 0 Å². The normalized spacial score (nSPS) is 32.4. The van der Waals surface area contributed by atoms with Crippen molar-refractivity contribution in [3.63, 3.8) is 0 Å². The fourth-order valence-electron chi connectivity index (χ4n) is 1.70. The molecule has 1 saturated heterocycles. The molecule has 2 rings (SSSR count). The molecule has 0 aromatic heterocycles. The highest BCUT2D eigenvalue weighted by molar-refractivity contribution is 6.08. The van der Waals surface area contributed by atoms with Gasteiger partial charge in [0.05, 0.1) is 18.4 Å². The van der Waals surface area contributed by atoms with E-state index in [2.05, 4.69) is 0 Å². The first kappa shape index (κ1) is 9.51. The maximum Gasteiger partial charge on any atom is 0.265 e. The van der Waals surface area contributed by atoms with Crippen molar-refractivity contribution in [2.45, 2.75) is 19.0 Å². The lowest BCUT2D eigenvalue weighted by Gasteiger charge is -2.19. The molecular formula is C8H9F2NO3. The van der Waals surface area contributed by atoms with Crippen LogP contribution < -0.4 is 0 Å². The summed E-state index contributed by atoms with van der Waals surface area (Å²) in [5, 5.41) is 8.83. The zero-order chi connectivity index (χ0) is 10.5. The van der Waals surface area contributed by atoms with Crippen molar-refractivity contribution in [3.8, 4) is 0 Å². The Kier molecular flexibility index (Phi) is 2.02. The van der Waals surface area contributed by atoms with Crippen molar-refractivity contribution >= 4 is 11.8 Å². The number of aliphatic hydroxyl groups is 1. The van der Waals surface area contributed by atoms with Crippen LogP contribution in [0, 0.1) is 11.8 Å². The van der Waals surface area contributed by atoms with Gasteiger partial charge in [0.25, 0.3) is 6.43 Å². The molecule has 4 nitrogen and oxygen atoms in total. The molecule has 14 heavy (non-hydrogen) atoms. The third-order valence-corrected chi connectivity index (χ3v) is 2.62. The molecule has 1 aliphatic carbocycles. The summed E-state index contributed by atoms with van der Waals surface area (Å²) in [5.41, 5.74) is 0. The Labute approximate surface area is 78.5 Å². The second kappa shape index (κ2) is 2.98. The van der Waals surface area contributed by atoms with Crippen LogP contribution in [0.5, 0.6) is 0 Å². The van der Waals surface area contributed by atoms with E-state index in [1.165, 1.54) is 0 Å². The minimum atomic E-state index is -2.92. The predicted octanol–water partition coefficient (Wildman–Crippen LogP) is -0.383. The van der Waals surface area contributed by atoms with Crippen molar-refractivity contribution in [1.82, 2.24) is 4.90 Å². The van der Waals surface area contributed by atoms with Crippen LogP contribution in [0.4, 0.5) is 8.78 Å². The number of β-amino-alcohol motifs (C(OH)–C–C–N with tert-alkyl or cyclic N) is 1. The molecule has 1 N–H and O–H groups in total. The van der Waals surface area contributed by atoms with E-state index in [9.17, 15) is 18.4 Å². The van der Waals surface area contributed by atoms with Crippen molar-refractivity contribution in [2.24, 2.45) is 11.8 Å².